The van der Waals surface area contributed by atoms with E-state index in [1.165, 1.54) is 12.8 Å². The Kier molecular flexibility index (Phi) is 5.05. The fourth-order valence-electron chi connectivity index (χ4n) is 2.13. The number of rotatable bonds is 6. The fourth-order valence-corrected chi connectivity index (χ4v) is 2.13. The third-order valence-corrected chi connectivity index (χ3v) is 3.26. The highest BCUT2D eigenvalue weighted by Gasteiger charge is 2.33. The summed E-state index contributed by atoms with van der Waals surface area (Å²) in [6.07, 6.45) is 4.93. The molecule has 0 aromatic heterocycles. The van der Waals surface area contributed by atoms with Gasteiger partial charge in [-0.3, -0.25) is 4.79 Å². The molecular weight excluding hydrogens is 192 g/mol. The Hall–Kier alpha value is -0.610. The van der Waals surface area contributed by atoms with Crippen LogP contribution in [0, 0.1) is 5.41 Å². The van der Waals surface area contributed by atoms with Crippen molar-refractivity contribution in [1.82, 2.24) is 10.6 Å². The van der Waals surface area contributed by atoms with Gasteiger partial charge in [0, 0.05) is 24.9 Å². The van der Waals surface area contributed by atoms with Gasteiger partial charge in [-0.15, -0.1) is 0 Å². The van der Waals surface area contributed by atoms with Crippen LogP contribution < -0.4 is 10.6 Å². The number of amides is 1. The van der Waals surface area contributed by atoms with Crippen molar-refractivity contribution in [3.8, 4) is 0 Å². The van der Waals surface area contributed by atoms with E-state index in [2.05, 4.69) is 10.6 Å². The first-order chi connectivity index (χ1) is 7.22. The van der Waals surface area contributed by atoms with Crippen molar-refractivity contribution >= 4 is 5.91 Å². The largest absolute Gasteiger partial charge is 0.396 e. The lowest BCUT2D eigenvalue weighted by Gasteiger charge is -2.26. The number of aliphatic hydroxyl groups excluding tert-OH is 1. The maximum absolute atomic E-state index is 11.4. The molecule has 0 aromatic rings. The zero-order valence-corrected chi connectivity index (χ0v) is 9.51. The Labute approximate surface area is 91.4 Å². The van der Waals surface area contributed by atoms with Gasteiger partial charge in [-0.05, 0) is 19.9 Å². The molecule has 3 N–H and O–H groups in total. The Morgan fingerprint density at radius 1 is 1.40 bits per heavy atom. The van der Waals surface area contributed by atoms with E-state index < -0.39 is 0 Å². The van der Waals surface area contributed by atoms with E-state index in [9.17, 15) is 9.90 Å². The van der Waals surface area contributed by atoms with Gasteiger partial charge in [0.15, 0.2) is 0 Å². The zero-order valence-electron chi connectivity index (χ0n) is 9.51. The maximum Gasteiger partial charge on any atom is 0.221 e. The quantitative estimate of drug-likeness (QED) is 0.594. The van der Waals surface area contributed by atoms with Gasteiger partial charge < -0.3 is 15.7 Å². The van der Waals surface area contributed by atoms with Gasteiger partial charge in [-0.25, -0.2) is 0 Å². The van der Waals surface area contributed by atoms with Gasteiger partial charge in [-0.1, -0.05) is 12.8 Å². The topological polar surface area (TPSA) is 61.4 Å². The van der Waals surface area contributed by atoms with Gasteiger partial charge in [0.05, 0.1) is 6.61 Å². The van der Waals surface area contributed by atoms with Gasteiger partial charge in [0.1, 0.15) is 0 Å². The Bertz CT molecular complexity index is 201. The van der Waals surface area contributed by atoms with Crippen molar-refractivity contribution in [3.05, 3.63) is 0 Å². The third-order valence-electron chi connectivity index (χ3n) is 3.26. The second-order valence-corrected chi connectivity index (χ2v) is 4.50. The van der Waals surface area contributed by atoms with E-state index >= 15 is 0 Å². The SMILES string of the molecule is CNCCC(=O)NCC1(CO)CCCC1. The molecule has 1 aliphatic rings. The predicted molar refractivity (Wildman–Crippen MR) is 59.5 cm³/mol. The van der Waals surface area contributed by atoms with Crippen LogP contribution in [0.5, 0.6) is 0 Å². The number of hydrogen-bond acceptors (Lipinski definition) is 3. The molecule has 4 heteroatoms. The average Bonchev–Trinajstić information content (AvgIpc) is 2.73. The fraction of sp³-hybridized carbons (Fsp3) is 0.909. The molecule has 88 valence electrons. The van der Waals surface area contributed by atoms with E-state index in [1.807, 2.05) is 7.05 Å². The number of nitrogens with one attached hydrogen (secondary N) is 2. The van der Waals surface area contributed by atoms with Crippen molar-refractivity contribution in [2.75, 3.05) is 26.7 Å². The highest BCUT2D eigenvalue weighted by molar-refractivity contribution is 5.76. The van der Waals surface area contributed by atoms with Crippen molar-refractivity contribution < 1.29 is 9.90 Å². The summed E-state index contributed by atoms with van der Waals surface area (Å²) in [5, 5.41) is 15.2. The van der Waals surface area contributed by atoms with E-state index in [4.69, 9.17) is 0 Å². The molecule has 0 aliphatic heterocycles. The molecule has 1 saturated carbocycles. The first-order valence-electron chi connectivity index (χ1n) is 5.75. The van der Waals surface area contributed by atoms with Crippen LogP contribution in [0.2, 0.25) is 0 Å². The number of carbonyl (C=O) groups excluding carboxylic acids is 1. The van der Waals surface area contributed by atoms with E-state index in [-0.39, 0.29) is 17.9 Å². The molecule has 0 atom stereocenters. The number of aliphatic hydroxyl groups is 1. The van der Waals surface area contributed by atoms with Crippen molar-refractivity contribution in [3.63, 3.8) is 0 Å². The molecule has 0 radical (unpaired) electrons. The molecule has 0 heterocycles. The second kappa shape index (κ2) is 6.08. The summed E-state index contributed by atoms with van der Waals surface area (Å²) >= 11 is 0. The number of carbonyl (C=O) groups is 1. The highest BCUT2D eigenvalue weighted by Crippen LogP contribution is 2.36. The summed E-state index contributed by atoms with van der Waals surface area (Å²) in [5.74, 6) is 0.0732. The molecule has 0 bridgehead atoms. The summed E-state index contributed by atoms with van der Waals surface area (Å²) in [5.41, 5.74) is -0.0324. The normalized spacial score (nSPS) is 19.1. The molecule has 1 amide bonds. The first-order valence-corrected chi connectivity index (χ1v) is 5.75. The van der Waals surface area contributed by atoms with Gasteiger partial charge in [-0.2, -0.15) is 0 Å². The zero-order chi connectivity index (χ0) is 11.1. The molecule has 0 unspecified atom stereocenters. The van der Waals surface area contributed by atoms with Crippen LogP contribution in [0.1, 0.15) is 32.1 Å². The maximum atomic E-state index is 11.4. The van der Waals surface area contributed by atoms with E-state index in [0.29, 0.717) is 19.5 Å². The van der Waals surface area contributed by atoms with Crippen LogP contribution in [-0.2, 0) is 4.79 Å². The molecule has 1 rings (SSSR count). The molecule has 0 saturated heterocycles. The summed E-state index contributed by atoms with van der Waals surface area (Å²) < 4.78 is 0. The Morgan fingerprint density at radius 2 is 2.07 bits per heavy atom. The lowest BCUT2D eigenvalue weighted by atomic mass is 9.87. The molecule has 4 nitrogen and oxygen atoms in total. The predicted octanol–water partition coefficient (Wildman–Crippen LogP) is 0.265. The number of hydrogen-bond donors (Lipinski definition) is 3. The van der Waals surface area contributed by atoms with Gasteiger partial charge in [0.2, 0.25) is 5.91 Å². The van der Waals surface area contributed by atoms with Crippen LogP contribution >= 0.6 is 0 Å². The van der Waals surface area contributed by atoms with Crippen LogP contribution in [0.25, 0.3) is 0 Å². The molecule has 1 fully saturated rings. The molecule has 0 aromatic carbocycles. The van der Waals surface area contributed by atoms with Gasteiger partial charge in [0.25, 0.3) is 0 Å². The molecule has 0 spiro atoms. The lowest BCUT2D eigenvalue weighted by Crippen LogP contribution is -2.38. The average molecular weight is 214 g/mol. The minimum atomic E-state index is -0.0324. The minimum absolute atomic E-state index is 0.0324. The second-order valence-electron chi connectivity index (χ2n) is 4.50. The lowest BCUT2D eigenvalue weighted by molar-refractivity contribution is -0.121. The first kappa shape index (κ1) is 12.5. The van der Waals surface area contributed by atoms with E-state index in [1.54, 1.807) is 0 Å². The molecule has 15 heavy (non-hydrogen) atoms. The summed E-state index contributed by atoms with van der Waals surface area (Å²) in [6, 6.07) is 0. The molecular formula is C11H22N2O2. The van der Waals surface area contributed by atoms with E-state index in [0.717, 1.165) is 12.8 Å². The van der Waals surface area contributed by atoms with Crippen molar-refractivity contribution in [2.24, 2.45) is 5.41 Å². The summed E-state index contributed by atoms with van der Waals surface area (Å²) in [7, 11) is 1.83. The van der Waals surface area contributed by atoms with Crippen molar-refractivity contribution in [1.29, 1.82) is 0 Å². The van der Waals surface area contributed by atoms with Crippen LogP contribution in [0.4, 0.5) is 0 Å². The van der Waals surface area contributed by atoms with Crippen molar-refractivity contribution in [2.45, 2.75) is 32.1 Å². The molecule has 1 aliphatic carbocycles. The summed E-state index contributed by atoms with van der Waals surface area (Å²) in [6.45, 7) is 1.53. The minimum Gasteiger partial charge on any atom is -0.396 e. The van der Waals surface area contributed by atoms with Crippen LogP contribution in [0.15, 0.2) is 0 Å². The van der Waals surface area contributed by atoms with Crippen LogP contribution in [-0.4, -0.2) is 37.8 Å². The highest BCUT2D eigenvalue weighted by atomic mass is 16.3. The monoisotopic (exact) mass is 214 g/mol. The van der Waals surface area contributed by atoms with Gasteiger partial charge >= 0.3 is 0 Å². The smallest absolute Gasteiger partial charge is 0.221 e. The Balaban J connectivity index is 2.25. The van der Waals surface area contributed by atoms with Crippen LogP contribution in [0.3, 0.4) is 0 Å². The summed E-state index contributed by atoms with van der Waals surface area (Å²) in [4.78, 5) is 11.4. The Morgan fingerprint density at radius 3 is 2.60 bits per heavy atom. The third kappa shape index (κ3) is 3.80. The standard InChI is InChI=1S/C11H22N2O2/c1-12-7-4-10(15)13-8-11(9-14)5-2-3-6-11/h12,14H,2-9H2,1H3,(H,13,15).